The molecule has 196 valence electrons. The van der Waals surface area contributed by atoms with Gasteiger partial charge in [-0.3, -0.25) is 0 Å². The molecule has 0 saturated carbocycles. The number of aromatic nitrogens is 3. The van der Waals surface area contributed by atoms with Gasteiger partial charge < -0.3 is 4.74 Å². The first-order valence-corrected chi connectivity index (χ1v) is 14.7. The molecule has 0 aliphatic carbocycles. The number of nitrogens with zero attached hydrogens (tertiary/aromatic N) is 3. The third kappa shape index (κ3) is 3.57. The number of ether oxygens (including phenoxy) is 1. The maximum atomic E-state index is 6.42. The Balaban J connectivity index is 1.26. The Labute approximate surface area is 245 Å². The molecule has 0 N–H and O–H groups in total. The van der Waals surface area contributed by atoms with E-state index < -0.39 is 0 Å². The topological polar surface area (TPSA) is 47.9 Å². The van der Waals surface area contributed by atoms with E-state index in [2.05, 4.69) is 66.7 Å². The van der Waals surface area contributed by atoms with Gasteiger partial charge in [0.25, 0.3) is 0 Å². The third-order valence-corrected chi connectivity index (χ3v) is 9.00. The number of benzene rings is 6. The van der Waals surface area contributed by atoms with E-state index in [9.17, 15) is 0 Å². The molecule has 8 aromatic rings. The lowest BCUT2D eigenvalue weighted by Gasteiger charge is -2.18. The van der Waals surface area contributed by atoms with Crippen LogP contribution in [-0.2, 0) is 0 Å². The molecule has 0 bridgehead atoms. The smallest absolute Gasteiger partial charge is 0.164 e. The van der Waals surface area contributed by atoms with E-state index in [1.807, 2.05) is 72.0 Å². The average Bonchev–Trinajstić information content (AvgIpc) is 3.45. The van der Waals surface area contributed by atoms with Crippen LogP contribution >= 0.6 is 11.3 Å². The van der Waals surface area contributed by atoms with Crippen LogP contribution in [0.1, 0.15) is 0 Å². The molecule has 4 nitrogen and oxygen atoms in total. The first-order valence-electron chi connectivity index (χ1n) is 13.9. The van der Waals surface area contributed by atoms with Gasteiger partial charge in [-0.05, 0) is 46.8 Å². The van der Waals surface area contributed by atoms with Crippen molar-refractivity contribution in [1.29, 1.82) is 0 Å². The van der Waals surface area contributed by atoms with Gasteiger partial charge in [0.1, 0.15) is 11.5 Å². The van der Waals surface area contributed by atoms with Gasteiger partial charge in [-0.2, -0.15) is 0 Å². The van der Waals surface area contributed by atoms with Gasteiger partial charge in [0.15, 0.2) is 17.5 Å². The van der Waals surface area contributed by atoms with Gasteiger partial charge in [0.2, 0.25) is 0 Å². The summed E-state index contributed by atoms with van der Waals surface area (Å²) in [7, 11) is 0. The molecule has 0 fully saturated rings. The van der Waals surface area contributed by atoms with Crippen molar-refractivity contribution in [3.05, 3.63) is 127 Å². The highest BCUT2D eigenvalue weighted by atomic mass is 32.1. The molecule has 9 rings (SSSR count). The Morgan fingerprint density at radius 3 is 1.71 bits per heavy atom. The summed E-state index contributed by atoms with van der Waals surface area (Å²) in [6.45, 7) is 0. The Bertz CT molecular complexity index is 2270. The summed E-state index contributed by atoms with van der Waals surface area (Å²) in [5.74, 6) is 3.80. The summed E-state index contributed by atoms with van der Waals surface area (Å²) >= 11 is 1.82. The van der Waals surface area contributed by atoms with Crippen LogP contribution in [0.5, 0.6) is 11.5 Å². The van der Waals surface area contributed by atoms with E-state index in [0.29, 0.717) is 17.5 Å². The van der Waals surface area contributed by atoms with Gasteiger partial charge in [-0.1, -0.05) is 97.1 Å². The summed E-state index contributed by atoms with van der Waals surface area (Å²) in [6, 6.07) is 43.7. The highest BCUT2D eigenvalue weighted by Crippen LogP contribution is 2.52. The fourth-order valence-corrected chi connectivity index (χ4v) is 7.17. The fraction of sp³-hybridized carbons (Fsp3) is 0. The van der Waals surface area contributed by atoms with Crippen molar-refractivity contribution >= 4 is 42.3 Å². The fourth-order valence-electron chi connectivity index (χ4n) is 6.00. The largest absolute Gasteiger partial charge is 0.456 e. The van der Waals surface area contributed by atoms with E-state index >= 15 is 0 Å². The molecule has 6 aromatic carbocycles. The van der Waals surface area contributed by atoms with Gasteiger partial charge in [0.05, 0.1) is 0 Å². The van der Waals surface area contributed by atoms with Crippen LogP contribution in [0.2, 0.25) is 0 Å². The van der Waals surface area contributed by atoms with E-state index in [0.717, 1.165) is 33.8 Å². The summed E-state index contributed by atoms with van der Waals surface area (Å²) in [6.07, 6.45) is 0. The van der Waals surface area contributed by atoms with Gasteiger partial charge in [0, 0.05) is 42.2 Å². The quantitative estimate of drug-likeness (QED) is 0.217. The van der Waals surface area contributed by atoms with E-state index in [-0.39, 0.29) is 0 Å². The Hall–Kier alpha value is -5.39. The average molecular weight is 556 g/mol. The Morgan fingerprint density at radius 2 is 1.00 bits per heavy atom. The molecule has 0 unspecified atom stereocenters. The molecule has 2 aromatic heterocycles. The van der Waals surface area contributed by atoms with Crippen molar-refractivity contribution in [1.82, 2.24) is 15.0 Å². The van der Waals surface area contributed by atoms with Crippen LogP contribution in [0.3, 0.4) is 0 Å². The zero-order chi connectivity index (χ0) is 27.6. The molecule has 3 heterocycles. The lowest BCUT2D eigenvalue weighted by atomic mass is 9.92. The molecule has 1 aliphatic heterocycles. The normalized spacial score (nSPS) is 12.0. The van der Waals surface area contributed by atoms with Crippen LogP contribution in [0.15, 0.2) is 127 Å². The minimum absolute atomic E-state index is 0.645. The van der Waals surface area contributed by atoms with E-state index in [4.69, 9.17) is 19.7 Å². The van der Waals surface area contributed by atoms with Crippen LogP contribution in [0, 0.1) is 0 Å². The molecule has 0 spiro atoms. The molecule has 42 heavy (non-hydrogen) atoms. The van der Waals surface area contributed by atoms with Gasteiger partial charge in [-0.15, -0.1) is 11.3 Å². The molecule has 5 heteroatoms. The maximum Gasteiger partial charge on any atom is 0.164 e. The third-order valence-electron chi connectivity index (χ3n) is 7.90. The minimum Gasteiger partial charge on any atom is -0.456 e. The predicted molar refractivity (Wildman–Crippen MR) is 172 cm³/mol. The minimum atomic E-state index is 0.645. The van der Waals surface area contributed by atoms with Crippen LogP contribution in [0.25, 0.3) is 76.2 Å². The second kappa shape index (κ2) is 9.06. The maximum absolute atomic E-state index is 6.42. The zero-order valence-electron chi connectivity index (χ0n) is 22.3. The predicted octanol–water partition coefficient (Wildman–Crippen LogP) is 10.2. The molecule has 1 aliphatic rings. The second-order valence-corrected chi connectivity index (χ2v) is 11.5. The zero-order valence-corrected chi connectivity index (χ0v) is 23.1. The molecular weight excluding hydrogens is 534 g/mol. The first kappa shape index (κ1) is 23.3. The summed E-state index contributed by atoms with van der Waals surface area (Å²) in [5, 5.41) is 4.86. The Morgan fingerprint density at radius 1 is 0.429 bits per heavy atom. The summed E-state index contributed by atoms with van der Waals surface area (Å²) in [4.78, 5) is 14.8. The number of rotatable bonds is 4. The van der Waals surface area contributed by atoms with Crippen molar-refractivity contribution in [2.75, 3.05) is 0 Å². The number of thiophene rings is 1. The molecule has 0 atom stereocenters. The second-order valence-electron chi connectivity index (χ2n) is 10.4. The molecular formula is C37H21N3OS. The van der Waals surface area contributed by atoms with Crippen molar-refractivity contribution in [3.63, 3.8) is 0 Å². The highest BCUT2D eigenvalue weighted by Gasteiger charge is 2.23. The van der Waals surface area contributed by atoms with E-state index in [1.165, 1.54) is 36.5 Å². The Kier molecular flexibility index (Phi) is 5.03. The van der Waals surface area contributed by atoms with Gasteiger partial charge in [-0.25, -0.2) is 15.0 Å². The molecule has 0 amide bonds. The number of hydrogen-bond donors (Lipinski definition) is 0. The van der Waals surface area contributed by atoms with Crippen molar-refractivity contribution in [2.45, 2.75) is 0 Å². The molecule has 0 radical (unpaired) electrons. The molecule has 0 saturated heterocycles. The van der Waals surface area contributed by atoms with Crippen LogP contribution in [0.4, 0.5) is 0 Å². The van der Waals surface area contributed by atoms with Crippen molar-refractivity contribution in [2.24, 2.45) is 0 Å². The first-order chi connectivity index (χ1) is 20.8. The lowest BCUT2D eigenvalue weighted by Crippen LogP contribution is -2.00. The van der Waals surface area contributed by atoms with Crippen molar-refractivity contribution < 1.29 is 4.74 Å². The van der Waals surface area contributed by atoms with Crippen LogP contribution < -0.4 is 4.74 Å². The summed E-state index contributed by atoms with van der Waals surface area (Å²) < 4.78 is 8.93. The highest BCUT2D eigenvalue weighted by molar-refractivity contribution is 7.26. The SMILES string of the molecule is c1ccc(-c2nc(-c3ccccc3)nc(-c3cccc(-c4cc5sc6cccc7c6c5c5c(cccc45)O7)c3)n2)cc1. The number of hydrogen-bond acceptors (Lipinski definition) is 5. The van der Waals surface area contributed by atoms with Crippen LogP contribution in [-0.4, -0.2) is 15.0 Å². The lowest BCUT2D eigenvalue weighted by molar-refractivity contribution is 0.493. The van der Waals surface area contributed by atoms with Gasteiger partial charge >= 0.3 is 0 Å². The standard InChI is InChI=1S/C37H21N3OS/c1-3-10-22(11-4-1)35-38-36(23-12-5-2-6-13-23)40-37(39-35)25-15-7-14-24(20-25)27-21-31-34-32-26(27)16-8-17-28(32)41-29-18-9-19-30(42-31)33(29)34/h1-21H. The monoisotopic (exact) mass is 555 g/mol. The van der Waals surface area contributed by atoms with Crippen molar-refractivity contribution in [3.8, 4) is 56.8 Å². The van der Waals surface area contributed by atoms with E-state index in [1.54, 1.807) is 0 Å². The summed E-state index contributed by atoms with van der Waals surface area (Å²) in [5.41, 5.74) is 5.13.